The van der Waals surface area contributed by atoms with Gasteiger partial charge in [0.15, 0.2) is 5.84 Å². The molecule has 0 aliphatic heterocycles. The fraction of sp³-hybridized carbons (Fsp3) is 0.889. The summed E-state index contributed by atoms with van der Waals surface area (Å²) < 4.78 is 37.6. The van der Waals surface area contributed by atoms with Crippen molar-refractivity contribution in [2.45, 2.75) is 18.7 Å². The second kappa shape index (κ2) is 7.05. The van der Waals surface area contributed by atoms with Crippen LogP contribution in [0.4, 0.5) is 13.2 Å². The van der Waals surface area contributed by atoms with Gasteiger partial charge in [0.1, 0.15) is 5.92 Å². The monoisotopic (exact) mass is 289 g/mol. The highest BCUT2D eigenvalue weighted by atomic mass is 32.2. The van der Waals surface area contributed by atoms with E-state index in [1.54, 1.807) is 6.26 Å². The first-order valence-electron chi connectivity index (χ1n) is 5.10. The van der Waals surface area contributed by atoms with Crippen molar-refractivity contribution in [1.82, 2.24) is 5.32 Å². The van der Waals surface area contributed by atoms with E-state index in [0.717, 1.165) is 0 Å². The molecule has 2 atom stereocenters. The van der Waals surface area contributed by atoms with Crippen LogP contribution < -0.4 is 11.1 Å². The number of oxime groups is 1. The van der Waals surface area contributed by atoms with Crippen LogP contribution in [0.25, 0.3) is 0 Å². The molecule has 0 aliphatic carbocycles. The number of nitrogens with zero attached hydrogens (tertiary/aromatic N) is 1. The number of nitrogens with one attached hydrogen (secondary N) is 1. The predicted octanol–water partition coefficient (Wildman–Crippen LogP) is 0.615. The average Bonchev–Trinajstić information content (AvgIpc) is 2.21. The predicted molar refractivity (Wildman–Crippen MR) is 64.8 cm³/mol. The Morgan fingerprint density at radius 3 is 2.44 bits per heavy atom. The molecule has 2 unspecified atom stereocenters. The standard InChI is InChI=1S/C9H18F3N3O2S/c1-8(16,5-18-2)4-14-3-6(7(13)15-17)9(10,11)12/h6,14,16-17H,3-5H2,1-2H3,(H2,13,15). The molecule has 0 amide bonds. The average molecular weight is 289 g/mol. The number of alkyl halides is 3. The van der Waals surface area contributed by atoms with Gasteiger partial charge in [-0.15, -0.1) is 0 Å². The molecule has 5 N–H and O–H groups in total. The lowest BCUT2D eigenvalue weighted by Crippen LogP contribution is -2.47. The van der Waals surface area contributed by atoms with Crippen LogP contribution in [0, 0.1) is 5.92 Å². The van der Waals surface area contributed by atoms with Crippen LogP contribution in [0.5, 0.6) is 0 Å². The van der Waals surface area contributed by atoms with Crippen LogP contribution in [0.15, 0.2) is 5.16 Å². The van der Waals surface area contributed by atoms with Crippen molar-refractivity contribution in [3.63, 3.8) is 0 Å². The summed E-state index contributed by atoms with van der Waals surface area (Å²) in [5.74, 6) is -2.59. The first-order valence-corrected chi connectivity index (χ1v) is 6.49. The van der Waals surface area contributed by atoms with E-state index in [0.29, 0.717) is 5.75 Å². The van der Waals surface area contributed by atoms with Crippen molar-refractivity contribution >= 4 is 17.6 Å². The summed E-state index contributed by atoms with van der Waals surface area (Å²) in [6, 6.07) is 0. The highest BCUT2D eigenvalue weighted by molar-refractivity contribution is 7.98. The quantitative estimate of drug-likeness (QED) is 0.239. The molecule has 18 heavy (non-hydrogen) atoms. The van der Waals surface area contributed by atoms with E-state index in [9.17, 15) is 18.3 Å². The minimum Gasteiger partial charge on any atom is -0.409 e. The van der Waals surface area contributed by atoms with Gasteiger partial charge in [-0.25, -0.2) is 0 Å². The number of halogens is 3. The Bertz CT molecular complexity index is 285. The number of aliphatic hydroxyl groups is 1. The highest BCUT2D eigenvalue weighted by Gasteiger charge is 2.42. The van der Waals surface area contributed by atoms with Gasteiger partial charge in [0.05, 0.1) is 5.60 Å². The molecule has 0 rings (SSSR count). The highest BCUT2D eigenvalue weighted by Crippen LogP contribution is 2.26. The fourth-order valence-electron chi connectivity index (χ4n) is 1.31. The van der Waals surface area contributed by atoms with Gasteiger partial charge in [-0.2, -0.15) is 24.9 Å². The molecule has 108 valence electrons. The molecule has 0 saturated heterocycles. The Labute approximate surface area is 108 Å². The molecule has 0 aromatic rings. The van der Waals surface area contributed by atoms with Crippen LogP contribution in [0.3, 0.4) is 0 Å². The number of thioether (sulfide) groups is 1. The lowest BCUT2D eigenvalue weighted by Gasteiger charge is -2.25. The molecule has 0 aliphatic rings. The second-order valence-electron chi connectivity index (χ2n) is 4.18. The van der Waals surface area contributed by atoms with Crippen molar-refractivity contribution in [1.29, 1.82) is 0 Å². The number of amidine groups is 1. The van der Waals surface area contributed by atoms with E-state index in [1.165, 1.54) is 18.7 Å². The molecule has 0 saturated carbocycles. The first kappa shape index (κ1) is 17.3. The minimum atomic E-state index is -4.60. The first-order chi connectivity index (χ1) is 8.14. The maximum absolute atomic E-state index is 12.5. The largest absolute Gasteiger partial charge is 0.409 e. The molecule has 0 radical (unpaired) electrons. The van der Waals surface area contributed by atoms with Crippen LogP contribution in [-0.2, 0) is 0 Å². The van der Waals surface area contributed by atoms with Gasteiger partial charge < -0.3 is 21.4 Å². The molecule has 0 bridgehead atoms. The molecule has 0 fully saturated rings. The lowest BCUT2D eigenvalue weighted by molar-refractivity contribution is -0.155. The Balaban J connectivity index is 4.39. The molecular formula is C9H18F3N3O2S. The van der Waals surface area contributed by atoms with E-state index in [1.807, 2.05) is 0 Å². The number of hydrogen-bond donors (Lipinski definition) is 4. The maximum atomic E-state index is 12.5. The molecule has 5 nitrogen and oxygen atoms in total. The summed E-state index contributed by atoms with van der Waals surface area (Å²) in [4.78, 5) is 0. The summed E-state index contributed by atoms with van der Waals surface area (Å²) >= 11 is 1.38. The van der Waals surface area contributed by atoms with Crippen LogP contribution in [0.1, 0.15) is 6.92 Å². The van der Waals surface area contributed by atoms with E-state index < -0.39 is 30.1 Å². The van der Waals surface area contributed by atoms with Crippen molar-refractivity contribution in [2.24, 2.45) is 16.8 Å². The van der Waals surface area contributed by atoms with Gasteiger partial charge in [0, 0.05) is 18.8 Å². The maximum Gasteiger partial charge on any atom is 0.400 e. The zero-order valence-electron chi connectivity index (χ0n) is 10.2. The molecule has 0 heterocycles. The van der Waals surface area contributed by atoms with Crippen LogP contribution >= 0.6 is 11.8 Å². The van der Waals surface area contributed by atoms with Gasteiger partial charge in [-0.05, 0) is 13.2 Å². The van der Waals surface area contributed by atoms with Crippen LogP contribution in [-0.4, -0.2) is 53.0 Å². The Morgan fingerprint density at radius 1 is 1.50 bits per heavy atom. The zero-order valence-corrected chi connectivity index (χ0v) is 11.0. The number of nitrogens with two attached hydrogens (primary N) is 1. The zero-order chi connectivity index (χ0) is 14.4. The van der Waals surface area contributed by atoms with Gasteiger partial charge in [0.25, 0.3) is 0 Å². The summed E-state index contributed by atoms with van der Waals surface area (Å²) in [7, 11) is 0. The Hall–Kier alpha value is -0.670. The van der Waals surface area contributed by atoms with E-state index in [-0.39, 0.29) is 6.54 Å². The third-order valence-electron chi connectivity index (χ3n) is 2.18. The van der Waals surface area contributed by atoms with E-state index >= 15 is 0 Å². The summed E-state index contributed by atoms with van der Waals surface area (Å²) in [6.07, 6.45) is -2.82. The fourth-order valence-corrected chi connectivity index (χ4v) is 2.03. The van der Waals surface area contributed by atoms with E-state index in [4.69, 9.17) is 10.9 Å². The third-order valence-corrected chi connectivity index (χ3v) is 3.09. The number of hydrogen-bond acceptors (Lipinski definition) is 5. The number of rotatable bonds is 7. The Morgan fingerprint density at radius 2 is 2.06 bits per heavy atom. The second-order valence-corrected chi connectivity index (χ2v) is 5.05. The minimum absolute atomic E-state index is 0.0148. The van der Waals surface area contributed by atoms with Crippen LogP contribution in [0.2, 0.25) is 0 Å². The summed E-state index contributed by atoms with van der Waals surface area (Å²) in [5, 5.41) is 22.9. The van der Waals surface area contributed by atoms with Crippen molar-refractivity contribution in [2.75, 3.05) is 25.1 Å². The SMILES string of the molecule is CSCC(C)(O)CNCC(C(N)=NO)C(F)(F)F. The summed E-state index contributed by atoms with van der Waals surface area (Å²) in [5.41, 5.74) is 3.87. The normalized spacial score (nSPS) is 18.4. The Kier molecular flexibility index (Phi) is 6.79. The van der Waals surface area contributed by atoms with Crippen molar-refractivity contribution in [3.05, 3.63) is 0 Å². The van der Waals surface area contributed by atoms with Crippen molar-refractivity contribution in [3.8, 4) is 0 Å². The van der Waals surface area contributed by atoms with Crippen molar-refractivity contribution < 1.29 is 23.5 Å². The lowest BCUT2D eigenvalue weighted by atomic mass is 10.1. The molecule has 0 aromatic carbocycles. The molecular weight excluding hydrogens is 271 g/mol. The van der Waals surface area contributed by atoms with Gasteiger partial charge in [-0.1, -0.05) is 5.16 Å². The van der Waals surface area contributed by atoms with Gasteiger partial charge in [-0.3, -0.25) is 0 Å². The smallest absolute Gasteiger partial charge is 0.400 e. The van der Waals surface area contributed by atoms with E-state index in [2.05, 4.69) is 10.5 Å². The van der Waals surface area contributed by atoms with Gasteiger partial charge in [0.2, 0.25) is 0 Å². The summed E-state index contributed by atoms with van der Waals surface area (Å²) in [6.45, 7) is 0.950. The topological polar surface area (TPSA) is 90.9 Å². The molecule has 0 spiro atoms. The molecule has 9 heteroatoms. The molecule has 0 aromatic heterocycles. The van der Waals surface area contributed by atoms with Gasteiger partial charge >= 0.3 is 6.18 Å². The third kappa shape index (κ3) is 6.31.